The molecule has 1 amide bonds. The molecule has 1 saturated heterocycles. The highest BCUT2D eigenvalue weighted by atomic mass is 32.2. The van der Waals surface area contributed by atoms with E-state index in [1.807, 2.05) is 0 Å². The van der Waals surface area contributed by atoms with Crippen LogP contribution >= 0.6 is 0 Å². The van der Waals surface area contributed by atoms with Gasteiger partial charge in [0, 0.05) is 25.2 Å². The lowest BCUT2D eigenvalue weighted by molar-refractivity contribution is -0.140. The third-order valence-electron chi connectivity index (χ3n) is 5.23. The number of carboxylic acid groups (broad SMARTS) is 1. The van der Waals surface area contributed by atoms with Crippen molar-refractivity contribution in [1.82, 2.24) is 9.62 Å². The second-order valence-corrected chi connectivity index (χ2v) is 9.36. The number of sulfonamides is 1. The molecule has 2 rings (SSSR count). The van der Waals surface area contributed by atoms with Gasteiger partial charge in [0.2, 0.25) is 10.0 Å². The van der Waals surface area contributed by atoms with Crippen LogP contribution in [-0.2, 0) is 14.8 Å². The lowest BCUT2D eigenvalue weighted by Gasteiger charge is -2.30. The number of nitrogens with zero attached hydrogens (tertiary/aromatic N) is 1. The van der Waals surface area contributed by atoms with Crippen molar-refractivity contribution in [3.63, 3.8) is 0 Å². The zero-order valence-corrected chi connectivity index (χ0v) is 17.1. The second kappa shape index (κ2) is 8.39. The number of carboxylic acids is 1. The first-order valence-corrected chi connectivity index (χ1v) is 10.6. The summed E-state index contributed by atoms with van der Waals surface area (Å²) >= 11 is 0. The molecule has 1 fully saturated rings. The average molecular weight is 397 g/mol. The van der Waals surface area contributed by atoms with Crippen LogP contribution in [0.2, 0.25) is 0 Å². The van der Waals surface area contributed by atoms with E-state index in [9.17, 15) is 18.0 Å². The number of aryl methyl sites for hydroxylation is 1. The molecular formula is C19H28N2O5S. The summed E-state index contributed by atoms with van der Waals surface area (Å²) in [5, 5.41) is 11.5. The van der Waals surface area contributed by atoms with Crippen LogP contribution in [-0.4, -0.2) is 49.3 Å². The van der Waals surface area contributed by atoms with E-state index in [4.69, 9.17) is 5.11 Å². The molecule has 1 heterocycles. The normalized spacial score (nSPS) is 17.5. The van der Waals surface area contributed by atoms with Gasteiger partial charge in [-0.25, -0.2) is 8.42 Å². The molecule has 1 aliphatic heterocycles. The predicted octanol–water partition coefficient (Wildman–Crippen LogP) is 2.17. The maximum absolute atomic E-state index is 13.1. The smallest absolute Gasteiger partial charge is 0.308 e. The second-order valence-electron chi connectivity index (χ2n) is 7.45. The standard InChI is InChI=1S/C19H28N2O5S/c1-12-5-7-21(8-6-12)27(25,26)17-10-16(9-13(2)15(17)4)18(22)20-11-14(3)19(23)24/h9-10,12,14H,5-8,11H2,1-4H3,(H,20,22)(H,23,24). The molecule has 0 bridgehead atoms. The third-order valence-corrected chi connectivity index (χ3v) is 7.26. The van der Waals surface area contributed by atoms with E-state index in [1.165, 1.54) is 17.3 Å². The van der Waals surface area contributed by atoms with E-state index in [0.717, 1.165) is 12.8 Å². The number of carbonyl (C=O) groups excluding carboxylic acids is 1. The van der Waals surface area contributed by atoms with Crippen LogP contribution in [0.5, 0.6) is 0 Å². The van der Waals surface area contributed by atoms with Gasteiger partial charge in [-0.15, -0.1) is 0 Å². The van der Waals surface area contributed by atoms with Crippen LogP contribution in [0.25, 0.3) is 0 Å². The number of hydrogen-bond acceptors (Lipinski definition) is 4. The highest BCUT2D eigenvalue weighted by Crippen LogP contribution is 2.28. The van der Waals surface area contributed by atoms with Gasteiger partial charge in [0.1, 0.15) is 0 Å². The average Bonchev–Trinajstić information content (AvgIpc) is 2.61. The molecule has 1 aromatic carbocycles. The van der Waals surface area contributed by atoms with Crippen LogP contribution < -0.4 is 5.32 Å². The van der Waals surface area contributed by atoms with Gasteiger partial charge in [-0.05, 0) is 55.9 Å². The molecule has 27 heavy (non-hydrogen) atoms. The lowest BCUT2D eigenvalue weighted by Crippen LogP contribution is -2.38. The Kier molecular flexibility index (Phi) is 6.64. The minimum absolute atomic E-state index is 0.0206. The largest absolute Gasteiger partial charge is 0.481 e. The van der Waals surface area contributed by atoms with E-state index in [2.05, 4.69) is 12.2 Å². The molecule has 0 radical (unpaired) electrons. The summed E-state index contributed by atoms with van der Waals surface area (Å²) in [5.74, 6) is -1.69. The number of nitrogens with one attached hydrogen (secondary N) is 1. The lowest BCUT2D eigenvalue weighted by atomic mass is 10.0. The number of benzene rings is 1. The van der Waals surface area contributed by atoms with Crippen molar-refractivity contribution >= 4 is 21.9 Å². The molecule has 1 aliphatic rings. The van der Waals surface area contributed by atoms with Crippen LogP contribution in [0.1, 0.15) is 48.2 Å². The number of carbonyl (C=O) groups is 2. The fourth-order valence-electron chi connectivity index (χ4n) is 3.03. The van der Waals surface area contributed by atoms with Crippen LogP contribution in [0.3, 0.4) is 0 Å². The monoisotopic (exact) mass is 396 g/mol. The van der Waals surface area contributed by atoms with E-state index < -0.39 is 27.8 Å². The van der Waals surface area contributed by atoms with Crippen LogP contribution in [0.4, 0.5) is 0 Å². The Morgan fingerprint density at radius 1 is 1.26 bits per heavy atom. The summed E-state index contributed by atoms with van der Waals surface area (Å²) in [6.07, 6.45) is 1.65. The molecular weight excluding hydrogens is 368 g/mol. The van der Waals surface area contributed by atoms with Gasteiger partial charge < -0.3 is 10.4 Å². The molecule has 0 aliphatic carbocycles. The first-order valence-electron chi connectivity index (χ1n) is 9.16. The van der Waals surface area contributed by atoms with Crippen molar-refractivity contribution in [2.75, 3.05) is 19.6 Å². The predicted molar refractivity (Wildman–Crippen MR) is 102 cm³/mol. The molecule has 0 spiro atoms. The van der Waals surface area contributed by atoms with Crippen molar-refractivity contribution in [1.29, 1.82) is 0 Å². The van der Waals surface area contributed by atoms with Crippen molar-refractivity contribution in [3.8, 4) is 0 Å². The fourth-order valence-corrected chi connectivity index (χ4v) is 4.82. The molecule has 0 aromatic heterocycles. The molecule has 7 nitrogen and oxygen atoms in total. The minimum Gasteiger partial charge on any atom is -0.481 e. The van der Waals surface area contributed by atoms with Gasteiger partial charge in [0.05, 0.1) is 10.8 Å². The molecule has 2 N–H and O–H groups in total. The minimum atomic E-state index is -3.68. The maximum Gasteiger partial charge on any atom is 0.308 e. The number of hydrogen-bond donors (Lipinski definition) is 2. The van der Waals surface area contributed by atoms with Crippen molar-refractivity contribution in [2.45, 2.75) is 45.4 Å². The van der Waals surface area contributed by atoms with E-state index in [1.54, 1.807) is 19.9 Å². The molecule has 1 atom stereocenters. The Morgan fingerprint density at radius 3 is 2.41 bits per heavy atom. The van der Waals surface area contributed by atoms with E-state index in [-0.39, 0.29) is 17.0 Å². The quantitative estimate of drug-likeness (QED) is 0.767. The number of rotatable bonds is 6. The van der Waals surface area contributed by atoms with E-state index in [0.29, 0.717) is 30.1 Å². The number of aliphatic carboxylic acids is 1. The van der Waals surface area contributed by atoms with Crippen molar-refractivity contribution in [2.24, 2.45) is 11.8 Å². The summed E-state index contributed by atoms with van der Waals surface area (Å²) in [4.78, 5) is 23.5. The fraction of sp³-hybridized carbons (Fsp3) is 0.579. The summed E-state index contributed by atoms with van der Waals surface area (Å²) in [7, 11) is -3.68. The van der Waals surface area contributed by atoms with Crippen LogP contribution in [0.15, 0.2) is 17.0 Å². The van der Waals surface area contributed by atoms with Crippen molar-refractivity contribution < 1.29 is 23.1 Å². The summed E-state index contributed by atoms with van der Waals surface area (Å²) in [5.41, 5.74) is 1.56. The van der Waals surface area contributed by atoms with Crippen molar-refractivity contribution in [3.05, 3.63) is 28.8 Å². The SMILES string of the molecule is Cc1cc(C(=O)NCC(C)C(=O)O)cc(S(=O)(=O)N2CCC(C)CC2)c1C. The Labute approximate surface area is 160 Å². The maximum atomic E-state index is 13.1. The first kappa shape index (κ1) is 21.4. The van der Waals surface area contributed by atoms with Gasteiger partial charge in [-0.1, -0.05) is 13.8 Å². The summed E-state index contributed by atoms with van der Waals surface area (Å²) < 4.78 is 27.7. The Balaban J connectivity index is 2.30. The van der Waals surface area contributed by atoms with Gasteiger partial charge in [0.25, 0.3) is 5.91 Å². The van der Waals surface area contributed by atoms with Gasteiger partial charge >= 0.3 is 5.97 Å². The van der Waals surface area contributed by atoms with Gasteiger partial charge in [-0.2, -0.15) is 4.31 Å². The third kappa shape index (κ3) is 4.87. The number of piperidine rings is 1. The molecule has 150 valence electrons. The topological polar surface area (TPSA) is 104 Å². The van der Waals surface area contributed by atoms with Gasteiger partial charge in [-0.3, -0.25) is 9.59 Å². The molecule has 8 heteroatoms. The molecule has 0 saturated carbocycles. The van der Waals surface area contributed by atoms with E-state index >= 15 is 0 Å². The zero-order valence-electron chi connectivity index (χ0n) is 16.3. The zero-order chi connectivity index (χ0) is 20.4. The Hall–Kier alpha value is -1.93. The highest BCUT2D eigenvalue weighted by molar-refractivity contribution is 7.89. The first-order chi connectivity index (χ1) is 12.5. The summed E-state index contributed by atoms with van der Waals surface area (Å²) in [6.45, 7) is 8.06. The Morgan fingerprint density at radius 2 is 1.85 bits per heavy atom. The highest BCUT2D eigenvalue weighted by Gasteiger charge is 2.30. The van der Waals surface area contributed by atoms with Gasteiger partial charge in [0.15, 0.2) is 0 Å². The van der Waals surface area contributed by atoms with Crippen LogP contribution in [0, 0.1) is 25.7 Å². The Bertz CT molecular complexity index is 827. The number of amides is 1. The molecule has 1 aromatic rings. The molecule has 1 unspecified atom stereocenters. The summed E-state index contributed by atoms with van der Waals surface area (Å²) in [6, 6.07) is 3.03.